The van der Waals surface area contributed by atoms with Gasteiger partial charge >= 0.3 is 51.4 Å². The fourth-order valence-electron chi connectivity index (χ4n) is 0.289. The fraction of sp³-hybridized carbons (Fsp3) is 0. The second-order valence-electron chi connectivity index (χ2n) is 1.06. The van der Waals surface area contributed by atoms with Gasteiger partial charge < -0.3 is 10.1 Å². The number of hydrogen-bond donors (Lipinski definition) is 0. The van der Waals surface area contributed by atoms with Gasteiger partial charge in [-0.05, 0) is 5.10 Å². The molecule has 1 heterocycles. The molecule has 1 rings (SSSR count). The predicted molar refractivity (Wildman–Crippen MR) is 22.4 cm³/mol. The Morgan fingerprint density at radius 2 is 2.33 bits per heavy atom. The second-order valence-corrected chi connectivity index (χ2v) is 1.06. The standard InChI is InChI=1S/C2H2N4O2.K/c7-6(8)5-2-1-3-4-5;/h1-2H;/q;+1. The minimum absolute atomic E-state index is 0. The second kappa shape index (κ2) is 4.07. The van der Waals surface area contributed by atoms with Crippen molar-refractivity contribution in [2.24, 2.45) is 0 Å². The van der Waals surface area contributed by atoms with E-state index in [2.05, 4.69) is 10.3 Å². The van der Waals surface area contributed by atoms with Crippen molar-refractivity contribution in [3.8, 4) is 0 Å². The molecule has 0 atom stereocenters. The number of nitrogens with zero attached hydrogens (tertiary/aromatic N) is 4. The number of rotatable bonds is 1. The first-order valence-electron chi connectivity index (χ1n) is 1.81. The minimum Gasteiger partial charge on any atom is -0.339 e. The van der Waals surface area contributed by atoms with Crippen molar-refractivity contribution in [2.75, 3.05) is 0 Å². The molecule has 0 aromatic carbocycles. The van der Waals surface area contributed by atoms with Gasteiger partial charge in [0.2, 0.25) is 0 Å². The van der Waals surface area contributed by atoms with Crippen LogP contribution in [-0.4, -0.2) is 20.1 Å². The summed E-state index contributed by atoms with van der Waals surface area (Å²) in [6.07, 6.45) is 2.39. The first-order valence-corrected chi connectivity index (χ1v) is 1.81. The zero-order valence-electron chi connectivity index (χ0n) is 4.76. The molecule has 0 radical (unpaired) electrons. The van der Waals surface area contributed by atoms with Crippen LogP contribution in [0.1, 0.15) is 0 Å². The summed E-state index contributed by atoms with van der Waals surface area (Å²) in [7, 11) is 0. The Kier molecular flexibility index (Phi) is 4.15. The van der Waals surface area contributed by atoms with E-state index in [0.29, 0.717) is 4.79 Å². The molecule has 0 saturated heterocycles. The van der Waals surface area contributed by atoms with Gasteiger partial charge in [0.05, 0.1) is 5.03 Å². The molecule has 42 valence electrons. The van der Waals surface area contributed by atoms with Crippen LogP contribution in [0.4, 0.5) is 0 Å². The van der Waals surface area contributed by atoms with Crippen LogP contribution in [0.5, 0.6) is 0 Å². The molecule has 1 aromatic heterocycles. The third-order valence-electron chi connectivity index (χ3n) is 0.577. The Morgan fingerprint density at radius 1 is 1.67 bits per heavy atom. The van der Waals surface area contributed by atoms with Crippen molar-refractivity contribution in [3.63, 3.8) is 0 Å². The molecule has 1 aromatic rings. The third kappa shape index (κ3) is 2.50. The maximum atomic E-state index is 9.73. The van der Waals surface area contributed by atoms with Gasteiger partial charge in [0, 0.05) is 4.79 Å². The molecule has 9 heavy (non-hydrogen) atoms. The monoisotopic (exact) mass is 153 g/mol. The molecule has 0 N–H and O–H groups in total. The van der Waals surface area contributed by atoms with E-state index < -0.39 is 5.03 Å². The molecular weight excluding hydrogens is 151 g/mol. The van der Waals surface area contributed by atoms with E-state index in [4.69, 9.17) is 0 Å². The Balaban J connectivity index is 0.000000640. The van der Waals surface area contributed by atoms with Gasteiger partial charge in [-0.3, -0.25) is 0 Å². The summed E-state index contributed by atoms with van der Waals surface area (Å²) < 4.78 is 0. The average Bonchev–Trinajstić information content (AvgIpc) is 2.12. The summed E-state index contributed by atoms with van der Waals surface area (Å²) >= 11 is 0. The van der Waals surface area contributed by atoms with Crippen molar-refractivity contribution in [3.05, 3.63) is 22.5 Å². The van der Waals surface area contributed by atoms with Crippen LogP contribution in [0.25, 0.3) is 0 Å². The first kappa shape index (κ1) is 9.18. The molecule has 0 aliphatic heterocycles. The van der Waals surface area contributed by atoms with E-state index in [9.17, 15) is 10.1 Å². The molecule has 0 fully saturated rings. The zero-order chi connectivity index (χ0) is 5.98. The molecular formula is C2H2KN4O2+. The Bertz CT molecular complexity index is 184. The van der Waals surface area contributed by atoms with E-state index in [1.807, 2.05) is 0 Å². The van der Waals surface area contributed by atoms with Gasteiger partial charge in [0.15, 0.2) is 5.21 Å². The van der Waals surface area contributed by atoms with Crippen LogP contribution in [0, 0.1) is 10.1 Å². The minimum atomic E-state index is -0.674. The van der Waals surface area contributed by atoms with Crippen LogP contribution in [0.3, 0.4) is 0 Å². The van der Waals surface area contributed by atoms with Crippen molar-refractivity contribution < 1.29 is 56.4 Å². The van der Waals surface area contributed by atoms with E-state index in [1.165, 1.54) is 6.20 Å². The van der Waals surface area contributed by atoms with E-state index in [0.717, 1.165) is 6.20 Å². The van der Waals surface area contributed by atoms with Crippen molar-refractivity contribution in [1.29, 1.82) is 0 Å². The van der Waals surface area contributed by atoms with Gasteiger partial charge in [-0.25, -0.2) is 0 Å². The van der Waals surface area contributed by atoms with Crippen LogP contribution in [-0.2, 0) is 0 Å². The van der Waals surface area contributed by atoms with Crippen LogP contribution in [0.2, 0.25) is 0 Å². The van der Waals surface area contributed by atoms with Gasteiger partial charge in [-0.15, -0.1) is 0 Å². The predicted octanol–water partition coefficient (Wildman–Crippen LogP) is -3.68. The van der Waals surface area contributed by atoms with Gasteiger partial charge in [0.25, 0.3) is 0 Å². The van der Waals surface area contributed by atoms with E-state index in [1.54, 1.807) is 0 Å². The van der Waals surface area contributed by atoms with Crippen molar-refractivity contribution in [1.82, 2.24) is 15.1 Å². The van der Waals surface area contributed by atoms with Gasteiger partial charge in [0.1, 0.15) is 12.4 Å². The van der Waals surface area contributed by atoms with Gasteiger partial charge in [-0.2, -0.15) is 0 Å². The van der Waals surface area contributed by atoms with Crippen molar-refractivity contribution >= 4 is 0 Å². The fourth-order valence-corrected chi connectivity index (χ4v) is 0.289. The summed E-state index contributed by atoms with van der Waals surface area (Å²) in [4.78, 5) is 10.3. The summed E-state index contributed by atoms with van der Waals surface area (Å²) in [5, 5.41) is 15.4. The largest absolute Gasteiger partial charge is 1.00 e. The average molecular weight is 153 g/mol. The van der Waals surface area contributed by atoms with Gasteiger partial charge in [-0.1, -0.05) is 0 Å². The quantitative estimate of drug-likeness (QED) is 0.236. The van der Waals surface area contributed by atoms with Crippen LogP contribution in [0.15, 0.2) is 12.4 Å². The molecule has 0 aliphatic carbocycles. The Labute approximate surface area is 92.8 Å². The molecule has 0 bridgehead atoms. The molecule has 0 spiro atoms. The molecule has 7 heteroatoms. The third-order valence-corrected chi connectivity index (χ3v) is 0.577. The zero-order valence-corrected chi connectivity index (χ0v) is 7.88. The van der Waals surface area contributed by atoms with Crippen LogP contribution < -0.4 is 51.4 Å². The van der Waals surface area contributed by atoms with Crippen molar-refractivity contribution in [2.45, 2.75) is 0 Å². The summed E-state index contributed by atoms with van der Waals surface area (Å²) in [6, 6.07) is 0. The first-order chi connectivity index (χ1) is 3.80. The molecule has 0 aliphatic rings. The Hall–Kier alpha value is 0.176. The Morgan fingerprint density at radius 3 is 2.56 bits per heavy atom. The van der Waals surface area contributed by atoms with E-state index in [-0.39, 0.29) is 51.4 Å². The molecule has 6 nitrogen and oxygen atoms in total. The molecule has 0 amide bonds. The van der Waals surface area contributed by atoms with Crippen LogP contribution >= 0.6 is 0 Å². The SMILES string of the molecule is O=[N+]([O-])n1ccnn1.[K+]. The van der Waals surface area contributed by atoms with E-state index >= 15 is 0 Å². The maximum Gasteiger partial charge on any atom is 1.00 e. The summed E-state index contributed by atoms with van der Waals surface area (Å²) in [5.41, 5.74) is 0. The number of nitro groups is 1. The molecule has 0 unspecified atom stereocenters. The smallest absolute Gasteiger partial charge is 0.339 e. The topological polar surface area (TPSA) is 73.8 Å². The molecule has 0 saturated carbocycles. The maximum absolute atomic E-state index is 9.73. The number of aromatic nitrogens is 3. The summed E-state index contributed by atoms with van der Waals surface area (Å²) in [6.45, 7) is 0. The summed E-state index contributed by atoms with van der Waals surface area (Å²) in [5.74, 6) is 0. The normalized spacial score (nSPS) is 8.00. The number of hydrogen-bond acceptors (Lipinski definition) is 4.